The summed E-state index contributed by atoms with van der Waals surface area (Å²) >= 11 is 0. The predicted molar refractivity (Wildman–Crippen MR) is 88.5 cm³/mol. The van der Waals surface area contributed by atoms with Crippen LogP contribution < -0.4 is 0 Å². The second-order valence-corrected chi connectivity index (χ2v) is 5.60. The van der Waals surface area contributed by atoms with Crippen molar-refractivity contribution in [3.63, 3.8) is 0 Å². The van der Waals surface area contributed by atoms with Gasteiger partial charge in [0.25, 0.3) is 0 Å². The van der Waals surface area contributed by atoms with E-state index in [2.05, 4.69) is 0 Å². The van der Waals surface area contributed by atoms with Gasteiger partial charge in [-0.2, -0.15) is 0 Å². The maximum absolute atomic E-state index is 9.60. The van der Waals surface area contributed by atoms with Crippen LogP contribution in [0.3, 0.4) is 0 Å². The van der Waals surface area contributed by atoms with E-state index in [1.807, 2.05) is 0 Å². The fraction of sp³-hybridized carbons (Fsp3) is 0.333. The molecule has 0 bridgehead atoms. The highest BCUT2D eigenvalue weighted by Crippen LogP contribution is 2.28. The molecule has 0 spiro atoms. The molecule has 0 aliphatic rings. The number of hydrogen-bond donors (Lipinski definition) is 4. The van der Waals surface area contributed by atoms with E-state index in [0.717, 1.165) is 11.1 Å². The second-order valence-electron chi connectivity index (χ2n) is 5.60. The van der Waals surface area contributed by atoms with Crippen molar-refractivity contribution in [1.29, 1.82) is 0 Å². The van der Waals surface area contributed by atoms with Gasteiger partial charge in [-0.3, -0.25) is 0 Å². The Labute approximate surface area is 140 Å². The minimum atomic E-state index is -0.296. The van der Waals surface area contributed by atoms with Gasteiger partial charge in [0.2, 0.25) is 0 Å². The van der Waals surface area contributed by atoms with E-state index < -0.39 is 0 Å². The van der Waals surface area contributed by atoms with E-state index in [1.54, 1.807) is 26.4 Å². The molecule has 0 heterocycles. The van der Waals surface area contributed by atoms with Crippen molar-refractivity contribution in [3.05, 3.63) is 47.5 Å². The van der Waals surface area contributed by atoms with Crippen LogP contribution in [0.1, 0.15) is 11.1 Å². The monoisotopic (exact) mass is 334 g/mol. The van der Waals surface area contributed by atoms with Crippen LogP contribution in [0.2, 0.25) is 0 Å². The zero-order valence-corrected chi connectivity index (χ0v) is 13.6. The van der Waals surface area contributed by atoms with Gasteiger partial charge in [-0.15, -0.1) is 0 Å². The predicted octanol–water partition coefficient (Wildman–Crippen LogP) is 2.32. The molecule has 2 unspecified atom stereocenters. The Kier molecular flexibility index (Phi) is 5.89. The lowest BCUT2D eigenvalue weighted by molar-refractivity contribution is -0.0346. The van der Waals surface area contributed by atoms with Gasteiger partial charge in [0.15, 0.2) is 23.0 Å². The molecular formula is C18H22O6. The van der Waals surface area contributed by atoms with Gasteiger partial charge in [-0.25, -0.2) is 0 Å². The van der Waals surface area contributed by atoms with Crippen LogP contribution in [-0.2, 0) is 22.3 Å². The van der Waals surface area contributed by atoms with Gasteiger partial charge in [-0.1, -0.05) is 12.1 Å². The molecule has 4 N–H and O–H groups in total. The number of phenolic OH excluding ortho intramolecular Hbond substituents is 4. The molecule has 0 fully saturated rings. The molecule has 6 heteroatoms. The molecule has 0 radical (unpaired) electrons. The summed E-state index contributed by atoms with van der Waals surface area (Å²) in [7, 11) is 3.15. The van der Waals surface area contributed by atoms with Crippen molar-refractivity contribution in [3.8, 4) is 23.0 Å². The average Bonchev–Trinajstić information content (AvgIpc) is 2.57. The summed E-state index contributed by atoms with van der Waals surface area (Å²) in [5.41, 5.74) is 1.60. The standard InChI is InChI=1S/C18H22O6/c1-23-17(9-11-3-5-13(19)15(21)7-11)18(24-2)10-12-4-6-14(20)16(22)8-12/h3-8,17-22H,9-10H2,1-2H3. The summed E-state index contributed by atoms with van der Waals surface area (Å²) < 4.78 is 11.0. The molecular weight excluding hydrogens is 312 g/mol. The molecule has 0 aliphatic heterocycles. The number of phenols is 4. The van der Waals surface area contributed by atoms with Crippen molar-refractivity contribution in [1.82, 2.24) is 0 Å². The number of hydrogen-bond acceptors (Lipinski definition) is 6. The summed E-state index contributed by atoms with van der Waals surface area (Å²) in [5, 5.41) is 38.0. The fourth-order valence-corrected chi connectivity index (χ4v) is 2.59. The van der Waals surface area contributed by atoms with Crippen molar-refractivity contribution in [2.24, 2.45) is 0 Å². The molecule has 0 saturated heterocycles. The van der Waals surface area contributed by atoms with Gasteiger partial charge in [0, 0.05) is 27.1 Å². The van der Waals surface area contributed by atoms with Crippen LogP contribution in [0.15, 0.2) is 36.4 Å². The largest absolute Gasteiger partial charge is 0.504 e. The number of rotatable bonds is 7. The molecule has 0 saturated carbocycles. The van der Waals surface area contributed by atoms with E-state index in [4.69, 9.17) is 9.47 Å². The number of benzene rings is 2. The van der Waals surface area contributed by atoms with Crippen molar-refractivity contribution in [2.45, 2.75) is 25.0 Å². The first kappa shape index (κ1) is 17.9. The van der Waals surface area contributed by atoms with E-state index in [1.165, 1.54) is 24.3 Å². The summed E-state index contributed by atoms with van der Waals surface area (Å²) in [4.78, 5) is 0. The normalized spacial score (nSPS) is 13.6. The fourth-order valence-electron chi connectivity index (χ4n) is 2.59. The number of ether oxygens (including phenoxy) is 2. The third-order valence-electron chi connectivity index (χ3n) is 3.97. The topological polar surface area (TPSA) is 99.4 Å². The molecule has 0 aromatic heterocycles. The Morgan fingerprint density at radius 1 is 0.667 bits per heavy atom. The Morgan fingerprint density at radius 3 is 1.33 bits per heavy atom. The van der Waals surface area contributed by atoms with Gasteiger partial charge in [-0.05, 0) is 35.4 Å². The second kappa shape index (κ2) is 7.90. The molecule has 24 heavy (non-hydrogen) atoms. The lowest BCUT2D eigenvalue weighted by atomic mass is 9.97. The summed E-state index contributed by atoms with van der Waals surface area (Å²) in [5.74, 6) is -0.703. The van der Waals surface area contributed by atoms with Crippen LogP contribution in [-0.4, -0.2) is 46.9 Å². The van der Waals surface area contributed by atoms with E-state index in [-0.39, 0.29) is 35.2 Å². The van der Waals surface area contributed by atoms with Crippen LogP contribution >= 0.6 is 0 Å². The van der Waals surface area contributed by atoms with Crippen LogP contribution in [0.25, 0.3) is 0 Å². The average molecular weight is 334 g/mol. The molecule has 2 rings (SSSR count). The molecule has 2 aromatic carbocycles. The summed E-state index contributed by atoms with van der Waals surface area (Å²) in [6, 6.07) is 9.25. The van der Waals surface area contributed by atoms with E-state index >= 15 is 0 Å². The molecule has 6 nitrogen and oxygen atoms in total. The van der Waals surface area contributed by atoms with Crippen molar-refractivity contribution >= 4 is 0 Å². The quantitative estimate of drug-likeness (QED) is 0.580. The third kappa shape index (κ3) is 4.31. The molecule has 2 aromatic rings. The van der Waals surface area contributed by atoms with Crippen LogP contribution in [0, 0.1) is 0 Å². The van der Waals surface area contributed by atoms with Crippen LogP contribution in [0.4, 0.5) is 0 Å². The smallest absolute Gasteiger partial charge is 0.157 e. The first-order valence-corrected chi connectivity index (χ1v) is 7.52. The lowest BCUT2D eigenvalue weighted by Crippen LogP contribution is -2.33. The maximum atomic E-state index is 9.60. The highest BCUT2D eigenvalue weighted by Gasteiger charge is 2.22. The van der Waals surface area contributed by atoms with E-state index in [9.17, 15) is 20.4 Å². The van der Waals surface area contributed by atoms with Gasteiger partial charge < -0.3 is 29.9 Å². The number of aromatic hydroxyl groups is 4. The van der Waals surface area contributed by atoms with Gasteiger partial charge in [0.05, 0.1) is 12.2 Å². The Morgan fingerprint density at radius 2 is 1.04 bits per heavy atom. The molecule has 0 amide bonds. The van der Waals surface area contributed by atoms with Gasteiger partial charge in [0.1, 0.15) is 0 Å². The summed E-state index contributed by atoms with van der Waals surface area (Å²) in [6.45, 7) is 0. The molecule has 130 valence electrons. The van der Waals surface area contributed by atoms with Crippen molar-refractivity contribution in [2.75, 3.05) is 14.2 Å². The molecule has 0 aliphatic carbocycles. The highest BCUT2D eigenvalue weighted by atomic mass is 16.5. The first-order valence-electron chi connectivity index (χ1n) is 7.52. The Bertz CT molecular complexity index is 626. The number of methoxy groups -OCH3 is 2. The SMILES string of the molecule is COC(Cc1ccc(O)c(O)c1)C(Cc1ccc(O)c(O)c1)OC. The first-order chi connectivity index (χ1) is 11.4. The lowest BCUT2D eigenvalue weighted by Gasteiger charge is -2.25. The minimum absolute atomic E-state index is 0.171. The third-order valence-corrected chi connectivity index (χ3v) is 3.97. The Balaban J connectivity index is 2.13. The Hall–Kier alpha value is -2.44. The minimum Gasteiger partial charge on any atom is -0.504 e. The van der Waals surface area contributed by atoms with Gasteiger partial charge >= 0.3 is 0 Å². The zero-order chi connectivity index (χ0) is 17.7. The molecule has 2 atom stereocenters. The van der Waals surface area contributed by atoms with E-state index in [0.29, 0.717) is 12.8 Å². The van der Waals surface area contributed by atoms with Crippen LogP contribution in [0.5, 0.6) is 23.0 Å². The van der Waals surface area contributed by atoms with Crippen molar-refractivity contribution < 1.29 is 29.9 Å². The zero-order valence-electron chi connectivity index (χ0n) is 13.6. The highest BCUT2D eigenvalue weighted by molar-refractivity contribution is 5.41. The maximum Gasteiger partial charge on any atom is 0.157 e. The summed E-state index contributed by atoms with van der Waals surface area (Å²) in [6.07, 6.45) is 0.365.